The van der Waals surface area contributed by atoms with E-state index in [1.165, 1.54) is 0 Å². The molecule has 0 spiro atoms. The van der Waals surface area contributed by atoms with Gasteiger partial charge in [-0.2, -0.15) is 0 Å². The Morgan fingerprint density at radius 3 is 2.41 bits per heavy atom. The van der Waals surface area contributed by atoms with E-state index in [4.69, 9.17) is 4.74 Å². The normalized spacial score (nSPS) is 41.4. The Morgan fingerprint density at radius 1 is 1.24 bits per heavy atom. The third-order valence-electron chi connectivity index (χ3n) is 4.08. The van der Waals surface area contributed by atoms with Crippen LogP contribution in [0.25, 0.3) is 0 Å². The van der Waals surface area contributed by atoms with Crippen LogP contribution in [0.15, 0.2) is 0 Å². The summed E-state index contributed by atoms with van der Waals surface area (Å²) in [6.45, 7) is 5.49. The molecule has 4 unspecified atom stereocenters. The standard InChI is InChI=1S/C13H22O4/c1-12(2,3)17-11(16)13-6-4-8(10(13)15)9(14)5-7-13/h8-10,14-15H,4-7H2,1-3H3. The largest absolute Gasteiger partial charge is 0.459 e. The number of hydrogen-bond donors (Lipinski definition) is 2. The molecule has 4 atom stereocenters. The van der Waals surface area contributed by atoms with E-state index in [1.54, 1.807) is 0 Å². The van der Waals surface area contributed by atoms with Crippen molar-refractivity contribution < 1.29 is 19.7 Å². The molecule has 4 nitrogen and oxygen atoms in total. The summed E-state index contributed by atoms with van der Waals surface area (Å²) in [5.41, 5.74) is -1.29. The van der Waals surface area contributed by atoms with Crippen LogP contribution in [0.1, 0.15) is 46.5 Å². The molecule has 2 N–H and O–H groups in total. The summed E-state index contributed by atoms with van der Waals surface area (Å²) < 4.78 is 5.42. The van der Waals surface area contributed by atoms with Crippen molar-refractivity contribution in [2.45, 2.75) is 64.3 Å². The molecule has 4 heteroatoms. The predicted molar refractivity (Wildman–Crippen MR) is 62.2 cm³/mol. The molecule has 98 valence electrons. The summed E-state index contributed by atoms with van der Waals surface area (Å²) >= 11 is 0. The van der Waals surface area contributed by atoms with Crippen molar-refractivity contribution >= 4 is 5.97 Å². The maximum atomic E-state index is 12.2. The van der Waals surface area contributed by atoms with E-state index >= 15 is 0 Å². The van der Waals surface area contributed by atoms with E-state index in [-0.39, 0.29) is 11.9 Å². The van der Waals surface area contributed by atoms with E-state index in [0.29, 0.717) is 25.7 Å². The molecule has 17 heavy (non-hydrogen) atoms. The molecule has 2 aliphatic carbocycles. The molecule has 2 fully saturated rings. The highest BCUT2D eigenvalue weighted by Crippen LogP contribution is 2.52. The van der Waals surface area contributed by atoms with Gasteiger partial charge >= 0.3 is 5.97 Å². The minimum absolute atomic E-state index is 0.156. The summed E-state index contributed by atoms with van der Waals surface area (Å²) in [4.78, 5) is 12.2. The molecule has 2 saturated carbocycles. The fourth-order valence-corrected chi connectivity index (χ4v) is 3.14. The lowest BCUT2D eigenvalue weighted by Gasteiger charge is -2.39. The zero-order valence-electron chi connectivity index (χ0n) is 10.8. The Balaban J connectivity index is 2.17. The quantitative estimate of drug-likeness (QED) is 0.679. The molecule has 0 aliphatic heterocycles. The van der Waals surface area contributed by atoms with Crippen molar-refractivity contribution in [2.24, 2.45) is 11.3 Å². The van der Waals surface area contributed by atoms with Crippen molar-refractivity contribution in [3.63, 3.8) is 0 Å². The maximum Gasteiger partial charge on any atom is 0.315 e. The number of hydrogen-bond acceptors (Lipinski definition) is 4. The van der Waals surface area contributed by atoms with Crippen LogP contribution in [0.5, 0.6) is 0 Å². The first-order valence-corrected chi connectivity index (χ1v) is 6.36. The number of esters is 1. The molecule has 0 amide bonds. The van der Waals surface area contributed by atoms with Gasteiger partial charge < -0.3 is 14.9 Å². The lowest BCUT2D eigenvalue weighted by molar-refractivity contribution is -0.180. The Labute approximate surface area is 102 Å². The van der Waals surface area contributed by atoms with E-state index in [9.17, 15) is 15.0 Å². The van der Waals surface area contributed by atoms with Crippen molar-refractivity contribution in [3.8, 4) is 0 Å². The van der Waals surface area contributed by atoms with Crippen molar-refractivity contribution in [1.82, 2.24) is 0 Å². The van der Waals surface area contributed by atoms with Crippen molar-refractivity contribution in [3.05, 3.63) is 0 Å². The van der Waals surface area contributed by atoms with Crippen LogP contribution < -0.4 is 0 Å². The molecule has 2 aliphatic rings. The maximum absolute atomic E-state index is 12.2. The number of rotatable bonds is 1. The van der Waals surface area contributed by atoms with E-state index < -0.39 is 23.2 Å². The fourth-order valence-electron chi connectivity index (χ4n) is 3.14. The van der Waals surface area contributed by atoms with Gasteiger partial charge in [-0.15, -0.1) is 0 Å². The van der Waals surface area contributed by atoms with Gasteiger partial charge in [-0.25, -0.2) is 0 Å². The second kappa shape index (κ2) is 3.95. The van der Waals surface area contributed by atoms with Crippen LogP contribution in [-0.4, -0.2) is 34.0 Å². The van der Waals surface area contributed by atoms with Crippen LogP contribution in [0, 0.1) is 11.3 Å². The molecule has 0 aromatic carbocycles. The second-order valence-corrected chi connectivity index (χ2v) is 6.41. The van der Waals surface area contributed by atoms with E-state index in [0.717, 1.165) is 0 Å². The second-order valence-electron chi connectivity index (χ2n) is 6.41. The zero-order valence-corrected chi connectivity index (χ0v) is 10.8. The molecule has 0 radical (unpaired) electrons. The summed E-state index contributed by atoms with van der Waals surface area (Å²) in [7, 11) is 0. The Morgan fingerprint density at radius 2 is 1.82 bits per heavy atom. The van der Waals surface area contributed by atoms with Gasteiger partial charge in [-0.3, -0.25) is 4.79 Å². The highest BCUT2D eigenvalue weighted by atomic mass is 16.6. The van der Waals surface area contributed by atoms with Crippen LogP contribution in [0.3, 0.4) is 0 Å². The molecular weight excluding hydrogens is 220 g/mol. The molecular formula is C13H22O4. The number of aliphatic hydroxyl groups excluding tert-OH is 2. The smallest absolute Gasteiger partial charge is 0.315 e. The van der Waals surface area contributed by atoms with Crippen LogP contribution in [0.2, 0.25) is 0 Å². The number of carbonyl (C=O) groups is 1. The topological polar surface area (TPSA) is 66.8 Å². The zero-order chi connectivity index (χ0) is 12.8. The highest BCUT2D eigenvalue weighted by molar-refractivity contribution is 5.79. The molecule has 2 rings (SSSR count). The van der Waals surface area contributed by atoms with Crippen LogP contribution >= 0.6 is 0 Å². The molecule has 0 heterocycles. The Bertz CT molecular complexity index is 320. The van der Waals surface area contributed by atoms with Crippen molar-refractivity contribution in [1.29, 1.82) is 0 Å². The Hall–Kier alpha value is -0.610. The van der Waals surface area contributed by atoms with Gasteiger partial charge in [0.15, 0.2) is 0 Å². The first-order chi connectivity index (χ1) is 7.76. The lowest BCUT2D eigenvalue weighted by Crippen LogP contribution is -2.49. The highest BCUT2D eigenvalue weighted by Gasteiger charge is 2.59. The summed E-state index contributed by atoms with van der Waals surface area (Å²) in [5.74, 6) is -0.455. The first-order valence-electron chi connectivity index (χ1n) is 6.36. The summed E-state index contributed by atoms with van der Waals surface area (Å²) in [6, 6.07) is 0. The van der Waals surface area contributed by atoms with Crippen LogP contribution in [0.4, 0.5) is 0 Å². The monoisotopic (exact) mass is 242 g/mol. The van der Waals surface area contributed by atoms with Gasteiger partial charge in [0, 0.05) is 5.92 Å². The van der Waals surface area contributed by atoms with Gasteiger partial charge in [0.1, 0.15) is 5.60 Å². The third-order valence-corrected chi connectivity index (χ3v) is 4.08. The summed E-state index contributed by atoms with van der Waals surface area (Å²) in [5, 5.41) is 20.0. The van der Waals surface area contributed by atoms with Crippen molar-refractivity contribution in [2.75, 3.05) is 0 Å². The number of carbonyl (C=O) groups excluding carboxylic acids is 1. The average molecular weight is 242 g/mol. The minimum atomic E-state index is -0.767. The van der Waals surface area contributed by atoms with Gasteiger partial charge in [0.25, 0.3) is 0 Å². The van der Waals surface area contributed by atoms with Gasteiger partial charge in [0.05, 0.1) is 17.6 Å². The minimum Gasteiger partial charge on any atom is -0.459 e. The number of fused-ring (bicyclic) bond motifs is 2. The third kappa shape index (κ3) is 2.08. The molecule has 0 aromatic rings. The van der Waals surface area contributed by atoms with Gasteiger partial charge in [0.2, 0.25) is 0 Å². The molecule has 0 aromatic heterocycles. The van der Waals surface area contributed by atoms with E-state index in [1.807, 2.05) is 20.8 Å². The number of ether oxygens (including phenoxy) is 1. The Kier molecular flexibility index (Phi) is 2.99. The lowest BCUT2D eigenvalue weighted by atomic mass is 9.72. The SMILES string of the molecule is CC(C)(C)OC(=O)C12CCC(O)C(CC1)C2O. The first kappa shape index (κ1) is 12.8. The van der Waals surface area contributed by atoms with E-state index in [2.05, 4.69) is 0 Å². The average Bonchev–Trinajstić information content (AvgIpc) is 2.39. The fraction of sp³-hybridized carbons (Fsp3) is 0.923. The van der Waals surface area contributed by atoms with Gasteiger partial charge in [-0.1, -0.05) is 0 Å². The predicted octanol–water partition coefficient (Wildman–Crippen LogP) is 1.24. The molecule has 2 bridgehead atoms. The van der Waals surface area contributed by atoms with Gasteiger partial charge in [-0.05, 0) is 46.5 Å². The molecule has 0 saturated heterocycles. The number of aliphatic hydroxyl groups is 2. The van der Waals surface area contributed by atoms with Crippen LogP contribution in [-0.2, 0) is 9.53 Å². The summed E-state index contributed by atoms with van der Waals surface area (Å²) in [6.07, 6.45) is 1.23.